The van der Waals surface area contributed by atoms with Gasteiger partial charge in [0.25, 0.3) is 11.8 Å². The lowest BCUT2D eigenvalue weighted by Gasteiger charge is -2.41. The highest BCUT2D eigenvalue weighted by Crippen LogP contribution is 2.40. The van der Waals surface area contributed by atoms with Gasteiger partial charge in [0.15, 0.2) is 5.82 Å². The topological polar surface area (TPSA) is 240 Å². The summed E-state index contributed by atoms with van der Waals surface area (Å²) in [5.41, 5.74) is 2.59. The molecule has 21 nitrogen and oxygen atoms in total. The lowest BCUT2D eigenvalue weighted by atomic mass is 10.00. The van der Waals surface area contributed by atoms with Gasteiger partial charge in [-0.15, -0.1) is 0 Å². The molecule has 1 aromatic heterocycles. The van der Waals surface area contributed by atoms with Gasteiger partial charge in [0, 0.05) is 77.3 Å². The van der Waals surface area contributed by atoms with Gasteiger partial charge in [-0.05, 0) is 43.0 Å². The molecule has 2 fully saturated rings. The summed E-state index contributed by atoms with van der Waals surface area (Å²) < 4.78 is 29.2. The van der Waals surface area contributed by atoms with Crippen LogP contribution in [0.4, 0.5) is 23.1 Å². The van der Waals surface area contributed by atoms with Crippen molar-refractivity contribution < 1.29 is 57.2 Å². The lowest BCUT2D eigenvalue weighted by molar-refractivity contribution is -0.136. The molecular weight excluding hydrogens is 894 g/mol. The molecule has 0 radical (unpaired) electrons. The van der Waals surface area contributed by atoms with E-state index in [0.29, 0.717) is 86.9 Å². The number of halogens is 1. The number of fused-ring (bicyclic) bond motifs is 9. The molecule has 0 aliphatic carbocycles. The summed E-state index contributed by atoms with van der Waals surface area (Å²) in [7, 11) is 1.74. The minimum Gasteiger partial charge on any atom is -0.490 e. The van der Waals surface area contributed by atoms with Crippen LogP contribution < -0.4 is 35.2 Å². The molecule has 1 unspecified atom stereocenters. The van der Waals surface area contributed by atoms with E-state index in [1.54, 1.807) is 29.0 Å². The summed E-state index contributed by atoms with van der Waals surface area (Å²) in [6.07, 6.45) is 3.21. The molecule has 0 spiro atoms. The minimum absolute atomic E-state index is 0.00882. The van der Waals surface area contributed by atoms with Gasteiger partial charge >= 0.3 is 0 Å². The molecular formula is C45H52ClN9O12. The normalized spacial score (nSPS) is 19.4. The number of hydrogen-bond acceptors (Lipinski definition) is 16. The Morgan fingerprint density at radius 1 is 0.940 bits per heavy atom. The van der Waals surface area contributed by atoms with Crippen LogP contribution >= 0.6 is 11.6 Å². The van der Waals surface area contributed by atoms with Crippen LogP contribution in [-0.2, 0) is 44.6 Å². The summed E-state index contributed by atoms with van der Waals surface area (Å²) in [6.45, 7) is 3.47. The number of carbonyl (C=O) groups is 7. The first kappa shape index (κ1) is 47.1. The van der Waals surface area contributed by atoms with E-state index in [4.69, 9.17) is 40.3 Å². The van der Waals surface area contributed by atoms with E-state index in [1.165, 1.54) is 12.3 Å². The van der Waals surface area contributed by atoms with Gasteiger partial charge in [-0.3, -0.25) is 43.8 Å². The van der Waals surface area contributed by atoms with Crippen molar-refractivity contribution in [3.8, 4) is 11.5 Å². The number of amides is 7. The van der Waals surface area contributed by atoms with Crippen molar-refractivity contribution >= 4 is 76.1 Å². The number of piperidine rings is 1. The molecule has 8 rings (SSSR count). The zero-order valence-corrected chi connectivity index (χ0v) is 37.8. The number of nitrogens with zero attached hydrogens (tertiary/aromatic N) is 6. The molecule has 2 saturated heterocycles. The highest BCUT2D eigenvalue weighted by atomic mass is 35.5. The minimum atomic E-state index is -1.07. The standard InChI is InChI=1S/C45H52ClN9O12/c1-52-37(58)10-6-27-22-28-23-34(40(27)52)67-21-19-65-26-29-25-53(13-14-54(29)45-48-24-31(46)41(49-28)51-45)38(59)11-9-35(56)47-12-3-15-63-16-17-64-18-20-66-33-5-2-4-30-39(33)44(62)55(43(30)61)32-7-8-36(57)50-42(32)60/h2,4-5,22-24,29,32H,3,6-21,25-26H2,1H3,(H,47,56)(H,48,49,51)(H,50,57,60)/t29-,32?/m1/s1. The van der Waals surface area contributed by atoms with Crippen LogP contribution in [0.2, 0.25) is 5.02 Å². The predicted octanol–water partition coefficient (Wildman–Crippen LogP) is 2.01. The molecule has 67 heavy (non-hydrogen) atoms. The summed E-state index contributed by atoms with van der Waals surface area (Å²) >= 11 is 6.57. The number of hydrogen-bond donors (Lipinski definition) is 3. The molecule has 3 aromatic rings. The Labute approximate surface area is 390 Å². The second-order valence-corrected chi connectivity index (χ2v) is 16.8. The second-order valence-electron chi connectivity index (χ2n) is 16.4. The van der Waals surface area contributed by atoms with Crippen LogP contribution in [0.15, 0.2) is 36.5 Å². The fourth-order valence-electron chi connectivity index (χ4n) is 8.60. The van der Waals surface area contributed by atoms with Crippen LogP contribution in [0, 0.1) is 0 Å². The third-order valence-electron chi connectivity index (χ3n) is 12.0. The average molecular weight is 946 g/mol. The van der Waals surface area contributed by atoms with Gasteiger partial charge in [0.2, 0.25) is 35.5 Å². The highest BCUT2D eigenvalue weighted by molar-refractivity contribution is 6.33. The van der Waals surface area contributed by atoms with E-state index < -0.39 is 29.7 Å². The zero-order valence-electron chi connectivity index (χ0n) is 37.0. The molecule has 6 heterocycles. The molecule has 22 heteroatoms. The van der Waals surface area contributed by atoms with Crippen molar-refractivity contribution in [3.05, 3.63) is 58.2 Å². The maximum absolute atomic E-state index is 13.4. The molecule has 2 atom stereocenters. The number of benzene rings is 2. The predicted molar refractivity (Wildman–Crippen MR) is 240 cm³/mol. The van der Waals surface area contributed by atoms with Crippen molar-refractivity contribution in [1.82, 2.24) is 30.4 Å². The SMILES string of the molecule is CN1C(=O)CCc2cc3cc(c21)OCCOC[C@H]1CN(C(=O)CCC(=O)NCCCOCCOCCOc2cccc4c2C(=O)N(C2CCC(=O)NC2=O)C4=O)CCN1c1ncc(Cl)c(n1)N3. The molecule has 2 aromatic carbocycles. The maximum atomic E-state index is 13.4. The monoisotopic (exact) mass is 945 g/mol. The molecule has 0 saturated carbocycles. The Morgan fingerprint density at radius 3 is 2.60 bits per heavy atom. The van der Waals surface area contributed by atoms with Gasteiger partial charge in [0.1, 0.15) is 35.8 Å². The van der Waals surface area contributed by atoms with E-state index >= 15 is 0 Å². The zero-order chi connectivity index (χ0) is 47.0. The van der Waals surface area contributed by atoms with Crippen molar-refractivity contribution in [3.63, 3.8) is 0 Å². The number of carbonyl (C=O) groups excluding carboxylic acids is 7. The number of aryl methyl sites for hydroxylation is 1. The third-order valence-corrected chi connectivity index (χ3v) is 12.3. The van der Waals surface area contributed by atoms with Crippen molar-refractivity contribution in [2.45, 2.75) is 57.0 Å². The average Bonchev–Trinajstić information content (AvgIpc) is 3.57. The van der Waals surface area contributed by atoms with E-state index in [2.05, 4.69) is 20.9 Å². The molecule has 5 aliphatic heterocycles. The summed E-state index contributed by atoms with van der Waals surface area (Å²) in [5, 5.41) is 8.65. The summed E-state index contributed by atoms with van der Waals surface area (Å²) in [4.78, 5) is 104. The Morgan fingerprint density at radius 2 is 1.76 bits per heavy atom. The van der Waals surface area contributed by atoms with Gasteiger partial charge in [-0.2, -0.15) is 4.98 Å². The van der Waals surface area contributed by atoms with Crippen molar-refractivity contribution in [2.75, 3.05) is 101 Å². The van der Waals surface area contributed by atoms with E-state index in [9.17, 15) is 33.6 Å². The first-order chi connectivity index (χ1) is 32.5. The van der Waals surface area contributed by atoms with Gasteiger partial charge in [-0.1, -0.05) is 17.7 Å². The molecule has 5 aliphatic rings. The van der Waals surface area contributed by atoms with Crippen LogP contribution in [-0.4, -0.2) is 159 Å². The lowest BCUT2D eigenvalue weighted by Crippen LogP contribution is -2.57. The quantitative estimate of drug-likeness (QED) is 0.146. The number of rotatable bonds is 15. The molecule has 3 N–H and O–H groups in total. The summed E-state index contributed by atoms with van der Waals surface area (Å²) in [5.74, 6) is -1.22. The Bertz CT molecular complexity index is 2420. The van der Waals surface area contributed by atoms with Crippen LogP contribution in [0.25, 0.3) is 0 Å². The van der Waals surface area contributed by atoms with E-state index in [-0.39, 0.29) is 106 Å². The van der Waals surface area contributed by atoms with Gasteiger partial charge in [0.05, 0.1) is 62.1 Å². The van der Waals surface area contributed by atoms with Crippen LogP contribution in [0.1, 0.15) is 64.8 Å². The molecule has 4 bridgehead atoms. The van der Waals surface area contributed by atoms with Crippen molar-refractivity contribution in [1.29, 1.82) is 0 Å². The first-order valence-corrected chi connectivity index (χ1v) is 22.7. The Balaban J connectivity index is 0.718. The largest absolute Gasteiger partial charge is 0.490 e. The highest BCUT2D eigenvalue weighted by Gasteiger charge is 2.46. The van der Waals surface area contributed by atoms with Crippen LogP contribution in [0.3, 0.4) is 0 Å². The number of ether oxygens (including phenoxy) is 5. The van der Waals surface area contributed by atoms with Crippen molar-refractivity contribution in [2.24, 2.45) is 0 Å². The number of nitrogens with one attached hydrogen (secondary N) is 3. The van der Waals surface area contributed by atoms with E-state index in [0.717, 1.165) is 16.2 Å². The number of aromatic nitrogens is 2. The van der Waals surface area contributed by atoms with E-state index in [1.807, 2.05) is 17.0 Å². The fraction of sp³-hybridized carbons (Fsp3) is 0.489. The summed E-state index contributed by atoms with van der Waals surface area (Å²) in [6, 6.07) is 7.07. The fourth-order valence-corrected chi connectivity index (χ4v) is 8.74. The second kappa shape index (κ2) is 21.5. The number of piperazine rings is 1. The third kappa shape index (κ3) is 10.9. The first-order valence-electron chi connectivity index (χ1n) is 22.3. The maximum Gasteiger partial charge on any atom is 0.266 e. The smallest absolute Gasteiger partial charge is 0.266 e. The Kier molecular flexibility index (Phi) is 15.1. The van der Waals surface area contributed by atoms with Gasteiger partial charge < -0.3 is 49.0 Å². The van der Waals surface area contributed by atoms with Gasteiger partial charge in [-0.25, -0.2) is 4.98 Å². The van der Waals surface area contributed by atoms with Crippen LogP contribution in [0.5, 0.6) is 11.5 Å². The number of anilines is 4. The molecule has 356 valence electrons. The Hall–Kier alpha value is -6.42. The molecule has 7 amide bonds. The number of imide groups is 2.